The summed E-state index contributed by atoms with van der Waals surface area (Å²) in [7, 11) is 0. The van der Waals surface area contributed by atoms with Crippen molar-refractivity contribution in [3.63, 3.8) is 0 Å². The Morgan fingerprint density at radius 2 is 2.05 bits per heavy atom. The van der Waals surface area contributed by atoms with Gasteiger partial charge in [-0.15, -0.1) is 0 Å². The highest BCUT2D eigenvalue weighted by atomic mass is 79.9. The molecule has 0 amide bonds. The molecule has 0 radical (unpaired) electrons. The molecule has 0 aliphatic rings. The van der Waals surface area contributed by atoms with Crippen LogP contribution in [-0.4, -0.2) is 4.92 Å². The van der Waals surface area contributed by atoms with E-state index in [2.05, 4.69) is 21.2 Å². The third-order valence-electron chi connectivity index (χ3n) is 2.88. The fraction of sp³-hybridized carbons (Fsp3) is 0.143. The summed E-state index contributed by atoms with van der Waals surface area (Å²) in [5, 5.41) is 14.0. The molecule has 0 aliphatic carbocycles. The van der Waals surface area contributed by atoms with E-state index in [1.54, 1.807) is 6.07 Å². The molecule has 104 valence electrons. The Balaban J connectivity index is 2.23. The van der Waals surface area contributed by atoms with E-state index in [1.807, 2.05) is 31.2 Å². The van der Waals surface area contributed by atoms with Crippen molar-refractivity contribution in [3.8, 4) is 0 Å². The van der Waals surface area contributed by atoms with Crippen LogP contribution in [0.5, 0.6) is 0 Å². The van der Waals surface area contributed by atoms with Crippen LogP contribution >= 0.6 is 15.9 Å². The van der Waals surface area contributed by atoms with Gasteiger partial charge in [-0.25, -0.2) is 0 Å². The van der Waals surface area contributed by atoms with E-state index < -0.39 is 4.92 Å². The van der Waals surface area contributed by atoms with E-state index in [0.717, 1.165) is 10.0 Å². The van der Waals surface area contributed by atoms with Crippen molar-refractivity contribution in [1.29, 1.82) is 0 Å². The summed E-state index contributed by atoms with van der Waals surface area (Å²) in [6.45, 7) is 1.98. The first kappa shape index (κ1) is 14.3. The second kappa shape index (κ2) is 5.92. The number of nitrogens with two attached hydrogens (primary N) is 1. The predicted molar refractivity (Wildman–Crippen MR) is 83.7 cm³/mol. The molecule has 1 unspecified atom stereocenters. The predicted octanol–water partition coefficient (Wildman–Crippen LogP) is 4.11. The number of rotatable bonds is 4. The molecular formula is C14H14BrN3O2. The quantitative estimate of drug-likeness (QED) is 0.500. The summed E-state index contributed by atoms with van der Waals surface area (Å²) in [5.74, 6) is 0. The van der Waals surface area contributed by atoms with E-state index in [9.17, 15) is 10.1 Å². The molecule has 0 fully saturated rings. The molecule has 0 spiro atoms. The van der Waals surface area contributed by atoms with Crippen molar-refractivity contribution in [3.05, 3.63) is 62.6 Å². The van der Waals surface area contributed by atoms with Gasteiger partial charge in [0, 0.05) is 34.0 Å². The van der Waals surface area contributed by atoms with E-state index in [1.165, 1.54) is 12.1 Å². The number of nitro benzene ring substituents is 1. The maximum Gasteiger partial charge on any atom is 0.273 e. The molecule has 1 atom stereocenters. The van der Waals surface area contributed by atoms with Crippen LogP contribution in [0.25, 0.3) is 0 Å². The number of nitrogens with one attached hydrogen (secondary N) is 1. The van der Waals surface area contributed by atoms with Crippen molar-refractivity contribution >= 4 is 33.0 Å². The van der Waals surface area contributed by atoms with Gasteiger partial charge >= 0.3 is 0 Å². The minimum absolute atomic E-state index is 0.00824. The molecule has 0 bridgehead atoms. The fourth-order valence-corrected chi connectivity index (χ4v) is 2.35. The Morgan fingerprint density at radius 1 is 1.30 bits per heavy atom. The lowest BCUT2D eigenvalue weighted by atomic mass is 10.1. The van der Waals surface area contributed by atoms with Crippen molar-refractivity contribution < 1.29 is 4.92 Å². The summed E-state index contributed by atoms with van der Waals surface area (Å²) in [4.78, 5) is 10.4. The summed E-state index contributed by atoms with van der Waals surface area (Å²) in [6, 6.07) is 12.4. The first-order valence-electron chi connectivity index (χ1n) is 6.02. The second-order valence-corrected chi connectivity index (χ2v) is 5.41. The lowest BCUT2D eigenvalue weighted by Gasteiger charge is -2.16. The van der Waals surface area contributed by atoms with Gasteiger partial charge in [0.1, 0.15) is 0 Å². The van der Waals surface area contributed by atoms with Crippen LogP contribution in [0.1, 0.15) is 18.5 Å². The monoisotopic (exact) mass is 335 g/mol. The highest BCUT2D eigenvalue weighted by molar-refractivity contribution is 9.10. The van der Waals surface area contributed by atoms with Gasteiger partial charge in [0.2, 0.25) is 0 Å². The van der Waals surface area contributed by atoms with Crippen molar-refractivity contribution in [2.45, 2.75) is 13.0 Å². The number of nitrogen functional groups attached to an aromatic ring is 1. The van der Waals surface area contributed by atoms with Crippen LogP contribution in [0.3, 0.4) is 0 Å². The van der Waals surface area contributed by atoms with Gasteiger partial charge in [-0.1, -0.05) is 28.1 Å². The Kier molecular flexibility index (Phi) is 4.24. The van der Waals surface area contributed by atoms with Gasteiger partial charge in [0.15, 0.2) is 0 Å². The Hall–Kier alpha value is -2.08. The van der Waals surface area contributed by atoms with Crippen LogP contribution in [0.15, 0.2) is 46.9 Å². The number of nitrogens with zero attached hydrogens (tertiary/aromatic N) is 1. The van der Waals surface area contributed by atoms with E-state index >= 15 is 0 Å². The molecule has 0 saturated carbocycles. The standard InChI is InChI=1S/C14H14BrN3O2/c1-9(10-3-2-4-11(15)5-10)17-13-6-12(16)7-14(8-13)18(19)20/h2-9,17H,16H2,1H3. The van der Waals surface area contributed by atoms with Crippen molar-refractivity contribution in [2.75, 3.05) is 11.1 Å². The molecule has 20 heavy (non-hydrogen) atoms. The van der Waals surface area contributed by atoms with Crippen molar-refractivity contribution in [2.24, 2.45) is 0 Å². The molecule has 0 saturated heterocycles. The molecule has 5 nitrogen and oxygen atoms in total. The van der Waals surface area contributed by atoms with Gasteiger partial charge < -0.3 is 11.1 Å². The Labute approximate surface area is 125 Å². The van der Waals surface area contributed by atoms with Crippen molar-refractivity contribution in [1.82, 2.24) is 0 Å². The van der Waals surface area contributed by atoms with E-state index in [-0.39, 0.29) is 11.7 Å². The van der Waals surface area contributed by atoms with E-state index in [4.69, 9.17) is 5.73 Å². The summed E-state index contributed by atoms with van der Waals surface area (Å²) >= 11 is 3.42. The fourth-order valence-electron chi connectivity index (χ4n) is 1.93. The minimum Gasteiger partial charge on any atom is -0.398 e. The first-order chi connectivity index (χ1) is 9.45. The minimum atomic E-state index is -0.453. The average Bonchev–Trinajstić information content (AvgIpc) is 2.37. The van der Waals surface area contributed by atoms with Crippen LogP contribution in [-0.2, 0) is 0 Å². The lowest BCUT2D eigenvalue weighted by Crippen LogP contribution is -2.07. The summed E-state index contributed by atoms with van der Waals surface area (Å²) in [5.41, 5.74) is 7.73. The normalized spacial score (nSPS) is 11.9. The molecule has 0 aliphatic heterocycles. The smallest absolute Gasteiger partial charge is 0.273 e. The number of halogens is 1. The molecule has 0 aromatic heterocycles. The summed E-state index contributed by atoms with van der Waals surface area (Å²) < 4.78 is 0.988. The highest BCUT2D eigenvalue weighted by Gasteiger charge is 2.11. The third-order valence-corrected chi connectivity index (χ3v) is 3.38. The lowest BCUT2D eigenvalue weighted by molar-refractivity contribution is -0.384. The maximum absolute atomic E-state index is 10.8. The molecule has 2 rings (SSSR count). The average molecular weight is 336 g/mol. The van der Waals surface area contributed by atoms with Crippen LogP contribution < -0.4 is 11.1 Å². The SMILES string of the molecule is CC(Nc1cc(N)cc([N+](=O)[O-])c1)c1cccc(Br)c1. The van der Waals surface area contributed by atoms with Crippen LogP contribution in [0.4, 0.5) is 17.1 Å². The van der Waals surface area contributed by atoms with Gasteiger partial charge in [-0.2, -0.15) is 0 Å². The molecule has 2 aromatic carbocycles. The summed E-state index contributed by atoms with van der Waals surface area (Å²) in [6.07, 6.45) is 0. The third kappa shape index (κ3) is 3.48. The molecule has 2 aromatic rings. The van der Waals surface area contributed by atoms with Gasteiger partial charge in [0.25, 0.3) is 5.69 Å². The first-order valence-corrected chi connectivity index (χ1v) is 6.82. The zero-order valence-corrected chi connectivity index (χ0v) is 12.4. The largest absolute Gasteiger partial charge is 0.398 e. The zero-order valence-electron chi connectivity index (χ0n) is 10.8. The number of non-ortho nitro benzene ring substituents is 1. The highest BCUT2D eigenvalue weighted by Crippen LogP contribution is 2.26. The Morgan fingerprint density at radius 3 is 2.70 bits per heavy atom. The number of hydrogen-bond acceptors (Lipinski definition) is 4. The number of anilines is 2. The molecule has 3 N–H and O–H groups in total. The zero-order chi connectivity index (χ0) is 14.7. The molecule has 0 heterocycles. The van der Waals surface area contributed by atoms with Gasteiger partial charge in [0.05, 0.1) is 4.92 Å². The molecular weight excluding hydrogens is 322 g/mol. The number of nitro groups is 1. The van der Waals surface area contributed by atoms with Crippen LogP contribution in [0.2, 0.25) is 0 Å². The maximum atomic E-state index is 10.8. The second-order valence-electron chi connectivity index (χ2n) is 4.49. The Bertz CT molecular complexity index is 646. The number of hydrogen-bond donors (Lipinski definition) is 2. The topological polar surface area (TPSA) is 81.2 Å². The van der Waals surface area contributed by atoms with Crippen LogP contribution in [0, 0.1) is 10.1 Å². The number of benzene rings is 2. The van der Waals surface area contributed by atoms with E-state index in [0.29, 0.717) is 11.4 Å². The van der Waals surface area contributed by atoms with Gasteiger partial charge in [-0.3, -0.25) is 10.1 Å². The van der Waals surface area contributed by atoms with Gasteiger partial charge in [-0.05, 0) is 30.7 Å². The molecule has 6 heteroatoms.